The third-order valence-electron chi connectivity index (χ3n) is 5.56. The first-order chi connectivity index (χ1) is 15.8. The Labute approximate surface area is 193 Å². The van der Waals surface area contributed by atoms with E-state index < -0.39 is 33.9 Å². The molecule has 2 saturated heterocycles. The van der Waals surface area contributed by atoms with Gasteiger partial charge >= 0.3 is 11.8 Å². The third-order valence-corrected chi connectivity index (χ3v) is 7.61. The first kappa shape index (κ1) is 25.5. The predicted molar refractivity (Wildman–Crippen MR) is 117 cm³/mol. The number of hydrogen-bond donors (Lipinski definition) is 2. The lowest BCUT2D eigenvalue weighted by atomic mass is 10.2. The van der Waals surface area contributed by atoms with E-state index in [-0.39, 0.29) is 23.5 Å². The van der Waals surface area contributed by atoms with E-state index in [9.17, 15) is 22.4 Å². The molecule has 33 heavy (non-hydrogen) atoms. The lowest BCUT2D eigenvalue weighted by Crippen LogP contribution is -2.53. The highest BCUT2D eigenvalue weighted by Crippen LogP contribution is 2.25. The standard InChI is InChI=1S/C21H31FN4O6S/c1-16-14-17(22)4-5-18(16)33(29,30)26-8-3-11-32-19(26)15-24-21(28)20(27)23-6-2-7-25-9-12-31-13-10-25/h4-5,14,19H,2-3,6-13,15H2,1H3,(H,23,27)(H,24,28)/t19-/m0/s1. The van der Waals surface area contributed by atoms with E-state index in [0.29, 0.717) is 39.2 Å². The van der Waals surface area contributed by atoms with Crippen molar-refractivity contribution in [1.82, 2.24) is 19.8 Å². The summed E-state index contributed by atoms with van der Waals surface area (Å²) in [5, 5.41) is 5.02. The molecule has 1 atom stereocenters. The molecule has 12 heteroatoms. The van der Waals surface area contributed by atoms with Gasteiger partial charge in [0, 0.05) is 26.2 Å². The van der Waals surface area contributed by atoms with Crippen molar-refractivity contribution in [2.45, 2.75) is 30.9 Å². The van der Waals surface area contributed by atoms with Gasteiger partial charge in [0.05, 0.1) is 31.3 Å². The molecule has 3 rings (SSSR count). The zero-order valence-corrected chi connectivity index (χ0v) is 19.5. The number of ether oxygens (including phenoxy) is 2. The quantitative estimate of drug-likeness (QED) is 0.387. The molecule has 2 amide bonds. The maximum absolute atomic E-state index is 13.4. The van der Waals surface area contributed by atoms with E-state index in [1.54, 1.807) is 0 Å². The minimum Gasteiger partial charge on any atom is -0.379 e. The van der Waals surface area contributed by atoms with Gasteiger partial charge in [-0.05, 0) is 50.1 Å². The molecule has 10 nitrogen and oxygen atoms in total. The van der Waals surface area contributed by atoms with Crippen LogP contribution in [-0.2, 0) is 29.1 Å². The van der Waals surface area contributed by atoms with Gasteiger partial charge in [-0.3, -0.25) is 14.5 Å². The summed E-state index contributed by atoms with van der Waals surface area (Å²) in [4.78, 5) is 26.5. The number of sulfonamides is 1. The topological polar surface area (TPSA) is 117 Å². The number of rotatable bonds is 8. The number of benzene rings is 1. The average Bonchev–Trinajstić information content (AvgIpc) is 2.80. The molecular weight excluding hydrogens is 455 g/mol. The van der Waals surface area contributed by atoms with E-state index in [0.717, 1.165) is 36.1 Å². The predicted octanol–water partition coefficient (Wildman–Crippen LogP) is -0.174. The first-order valence-electron chi connectivity index (χ1n) is 11.0. The van der Waals surface area contributed by atoms with Crippen LogP contribution in [0.5, 0.6) is 0 Å². The van der Waals surface area contributed by atoms with Crippen molar-refractivity contribution < 1.29 is 31.9 Å². The summed E-state index contributed by atoms with van der Waals surface area (Å²) in [7, 11) is -3.98. The van der Waals surface area contributed by atoms with Crippen LogP contribution in [-0.4, -0.2) is 94.8 Å². The number of amides is 2. The molecule has 0 unspecified atom stereocenters. The van der Waals surface area contributed by atoms with E-state index >= 15 is 0 Å². The van der Waals surface area contributed by atoms with E-state index in [1.165, 1.54) is 13.0 Å². The summed E-state index contributed by atoms with van der Waals surface area (Å²) in [5.74, 6) is -2.16. The summed E-state index contributed by atoms with van der Waals surface area (Å²) >= 11 is 0. The maximum atomic E-state index is 13.4. The fraction of sp³-hybridized carbons (Fsp3) is 0.619. The van der Waals surface area contributed by atoms with Crippen LogP contribution in [0.15, 0.2) is 23.1 Å². The highest BCUT2D eigenvalue weighted by Gasteiger charge is 2.35. The zero-order valence-electron chi connectivity index (χ0n) is 18.7. The van der Waals surface area contributed by atoms with Crippen LogP contribution in [0.2, 0.25) is 0 Å². The smallest absolute Gasteiger partial charge is 0.309 e. The largest absolute Gasteiger partial charge is 0.379 e. The number of carbonyl (C=O) groups is 2. The van der Waals surface area contributed by atoms with Crippen LogP contribution >= 0.6 is 0 Å². The van der Waals surface area contributed by atoms with Crippen molar-refractivity contribution in [3.8, 4) is 0 Å². The van der Waals surface area contributed by atoms with Crippen LogP contribution in [0.25, 0.3) is 0 Å². The zero-order chi connectivity index (χ0) is 23.8. The molecule has 184 valence electrons. The highest BCUT2D eigenvalue weighted by atomic mass is 32.2. The summed E-state index contributed by atoms with van der Waals surface area (Å²) in [6.45, 7) is 6.11. The number of nitrogens with zero attached hydrogens (tertiary/aromatic N) is 2. The Morgan fingerprint density at radius 2 is 1.85 bits per heavy atom. The minimum absolute atomic E-state index is 0.0243. The molecule has 0 radical (unpaired) electrons. The van der Waals surface area contributed by atoms with Crippen LogP contribution in [0.3, 0.4) is 0 Å². The summed E-state index contributed by atoms with van der Waals surface area (Å²) in [6.07, 6.45) is 0.215. The lowest BCUT2D eigenvalue weighted by molar-refractivity contribution is -0.140. The van der Waals surface area contributed by atoms with Gasteiger partial charge in [-0.1, -0.05) is 0 Å². The SMILES string of the molecule is Cc1cc(F)ccc1S(=O)(=O)N1CCCO[C@H]1CNC(=O)C(=O)NCCCN1CCOCC1. The maximum Gasteiger partial charge on any atom is 0.309 e. The Morgan fingerprint density at radius 1 is 1.12 bits per heavy atom. The molecule has 1 aromatic rings. The van der Waals surface area contributed by atoms with Crippen LogP contribution in [0.4, 0.5) is 4.39 Å². The summed E-state index contributed by atoms with van der Waals surface area (Å²) in [6, 6.07) is 3.46. The Kier molecular flexibility index (Phi) is 9.15. The normalized spacial score (nSPS) is 20.4. The number of halogens is 1. The molecule has 0 saturated carbocycles. The molecular formula is C21H31FN4O6S. The average molecular weight is 487 g/mol. The van der Waals surface area contributed by atoms with Gasteiger partial charge in [0.1, 0.15) is 12.0 Å². The van der Waals surface area contributed by atoms with Crippen LogP contribution < -0.4 is 10.6 Å². The van der Waals surface area contributed by atoms with E-state index in [1.807, 2.05) is 0 Å². The molecule has 0 spiro atoms. The molecule has 2 fully saturated rings. The van der Waals surface area contributed by atoms with Gasteiger partial charge in [0.15, 0.2) is 0 Å². The highest BCUT2D eigenvalue weighted by molar-refractivity contribution is 7.89. The molecule has 0 aromatic heterocycles. The van der Waals surface area contributed by atoms with Gasteiger partial charge in [-0.15, -0.1) is 0 Å². The van der Waals surface area contributed by atoms with Crippen molar-refractivity contribution in [3.05, 3.63) is 29.6 Å². The minimum atomic E-state index is -3.98. The lowest BCUT2D eigenvalue weighted by Gasteiger charge is -2.34. The second-order valence-corrected chi connectivity index (χ2v) is 9.84. The van der Waals surface area contributed by atoms with Crippen molar-refractivity contribution in [2.75, 3.05) is 59.1 Å². The molecule has 2 aliphatic heterocycles. The second-order valence-electron chi connectivity index (χ2n) is 7.98. The Morgan fingerprint density at radius 3 is 2.58 bits per heavy atom. The fourth-order valence-electron chi connectivity index (χ4n) is 3.80. The van der Waals surface area contributed by atoms with E-state index in [4.69, 9.17) is 9.47 Å². The molecule has 2 N–H and O–H groups in total. The van der Waals surface area contributed by atoms with Gasteiger partial charge in [-0.25, -0.2) is 12.8 Å². The molecule has 1 aromatic carbocycles. The van der Waals surface area contributed by atoms with Crippen molar-refractivity contribution >= 4 is 21.8 Å². The van der Waals surface area contributed by atoms with Crippen molar-refractivity contribution in [3.63, 3.8) is 0 Å². The number of nitrogens with one attached hydrogen (secondary N) is 2. The molecule has 0 bridgehead atoms. The molecule has 2 aliphatic rings. The third kappa shape index (κ3) is 6.93. The fourth-order valence-corrected chi connectivity index (χ4v) is 5.57. The van der Waals surface area contributed by atoms with Gasteiger partial charge in [-0.2, -0.15) is 4.31 Å². The van der Waals surface area contributed by atoms with Crippen LogP contribution in [0, 0.1) is 12.7 Å². The second kappa shape index (κ2) is 11.8. The van der Waals surface area contributed by atoms with E-state index in [2.05, 4.69) is 15.5 Å². The monoisotopic (exact) mass is 486 g/mol. The Balaban J connectivity index is 1.49. The number of hydrogen-bond acceptors (Lipinski definition) is 7. The van der Waals surface area contributed by atoms with Crippen molar-refractivity contribution in [2.24, 2.45) is 0 Å². The number of aryl methyl sites for hydroxylation is 1. The first-order valence-corrected chi connectivity index (χ1v) is 12.5. The summed E-state index contributed by atoms with van der Waals surface area (Å²) in [5.41, 5.74) is 0.278. The van der Waals surface area contributed by atoms with Crippen LogP contribution in [0.1, 0.15) is 18.4 Å². The Hall–Kier alpha value is -2.12. The van der Waals surface area contributed by atoms with Gasteiger partial charge in [0.2, 0.25) is 10.0 Å². The molecule has 0 aliphatic carbocycles. The number of morpholine rings is 1. The van der Waals surface area contributed by atoms with Crippen molar-refractivity contribution in [1.29, 1.82) is 0 Å². The Bertz CT molecular complexity index is 939. The molecule has 2 heterocycles. The van der Waals surface area contributed by atoms with Gasteiger partial charge < -0.3 is 20.1 Å². The van der Waals surface area contributed by atoms with Gasteiger partial charge in [0.25, 0.3) is 0 Å². The number of carbonyl (C=O) groups excluding carboxylic acids is 2. The summed E-state index contributed by atoms with van der Waals surface area (Å²) < 4.78 is 51.7.